The Bertz CT molecular complexity index is 950. The van der Waals surface area contributed by atoms with Crippen molar-refractivity contribution in [1.29, 1.82) is 0 Å². The Balaban J connectivity index is 1.95. The summed E-state index contributed by atoms with van der Waals surface area (Å²) in [5.74, 6) is -1.59. The molecule has 0 fully saturated rings. The third-order valence-electron chi connectivity index (χ3n) is 4.65. The van der Waals surface area contributed by atoms with E-state index in [1.54, 1.807) is 32.9 Å². The van der Waals surface area contributed by atoms with E-state index in [9.17, 15) is 19.5 Å². The first-order valence-corrected chi connectivity index (χ1v) is 8.88. The minimum Gasteiger partial charge on any atom is -0.478 e. The zero-order valence-electron chi connectivity index (χ0n) is 16.1. The molecule has 3 rings (SSSR count). The summed E-state index contributed by atoms with van der Waals surface area (Å²) in [6.45, 7) is 6.75. The van der Waals surface area contributed by atoms with Gasteiger partial charge in [-0.15, -0.1) is 0 Å². The van der Waals surface area contributed by atoms with Crippen LogP contribution in [-0.4, -0.2) is 34.5 Å². The topological polar surface area (TPSA) is 95.9 Å². The zero-order valence-corrected chi connectivity index (χ0v) is 16.1. The first-order chi connectivity index (χ1) is 13.1. The zero-order chi connectivity index (χ0) is 20.6. The summed E-state index contributed by atoms with van der Waals surface area (Å²) in [4.78, 5) is 38.4. The molecule has 0 saturated heterocycles. The molecule has 146 valence electrons. The fourth-order valence-corrected chi connectivity index (χ4v) is 3.03. The van der Waals surface area contributed by atoms with Crippen LogP contribution in [0, 0.1) is 6.92 Å². The maximum Gasteiger partial charge on any atom is 0.335 e. The van der Waals surface area contributed by atoms with Gasteiger partial charge in [0.05, 0.1) is 11.3 Å². The monoisotopic (exact) mass is 382 g/mol. The van der Waals surface area contributed by atoms with Gasteiger partial charge in [0.15, 0.2) is 5.60 Å². The first kappa shape index (κ1) is 19.4. The summed E-state index contributed by atoms with van der Waals surface area (Å²) in [7, 11) is 0. The maximum absolute atomic E-state index is 13.0. The van der Waals surface area contributed by atoms with Crippen LogP contribution in [0.25, 0.3) is 0 Å². The Hall–Kier alpha value is -3.35. The summed E-state index contributed by atoms with van der Waals surface area (Å²) >= 11 is 0. The number of fused-ring (bicyclic) bond motifs is 1. The highest BCUT2D eigenvalue weighted by molar-refractivity contribution is 6.09. The molecule has 2 aromatic carbocycles. The number of hydrogen-bond acceptors (Lipinski definition) is 4. The standard InChI is InChI=1S/C21H22N2O5/c1-12-5-8-15(9-6-12)22-18(24)13(2)23-16-10-7-14(19(25)26)11-17(16)28-21(3,4)20(23)27/h5-11,13H,1-4H3,(H,22,24)(H,25,26). The molecule has 0 radical (unpaired) electrons. The van der Waals surface area contributed by atoms with Crippen molar-refractivity contribution in [3.8, 4) is 5.75 Å². The van der Waals surface area contributed by atoms with Crippen molar-refractivity contribution >= 4 is 29.2 Å². The summed E-state index contributed by atoms with van der Waals surface area (Å²) < 4.78 is 5.73. The number of benzene rings is 2. The number of aryl methyl sites for hydroxylation is 1. The summed E-state index contributed by atoms with van der Waals surface area (Å²) in [6.07, 6.45) is 0. The molecule has 1 heterocycles. The van der Waals surface area contributed by atoms with E-state index in [-0.39, 0.29) is 23.1 Å². The normalized spacial score (nSPS) is 16.0. The molecule has 28 heavy (non-hydrogen) atoms. The van der Waals surface area contributed by atoms with Gasteiger partial charge in [-0.3, -0.25) is 14.5 Å². The lowest BCUT2D eigenvalue weighted by molar-refractivity contribution is -0.134. The van der Waals surface area contributed by atoms with Crippen molar-refractivity contribution in [3.05, 3.63) is 53.6 Å². The number of aromatic carboxylic acids is 1. The summed E-state index contributed by atoms with van der Waals surface area (Å²) in [5, 5.41) is 12.0. The highest BCUT2D eigenvalue weighted by Gasteiger charge is 2.44. The van der Waals surface area contributed by atoms with Crippen molar-refractivity contribution in [2.75, 3.05) is 10.2 Å². The van der Waals surface area contributed by atoms with Gasteiger partial charge in [0.25, 0.3) is 5.91 Å². The van der Waals surface area contributed by atoms with Crippen LogP contribution in [0.3, 0.4) is 0 Å². The molecule has 2 N–H and O–H groups in total. The Morgan fingerprint density at radius 2 is 1.79 bits per heavy atom. The number of carboxylic acid groups (broad SMARTS) is 1. The highest BCUT2D eigenvalue weighted by atomic mass is 16.5. The summed E-state index contributed by atoms with van der Waals surface area (Å²) in [5.41, 5.74) is 0.868. The number of hydrogen-bond donors (Lipinski definition) is 2. The molecule has 0 spiro atoms. The number of carboxylic acids is 1. The SMILES string of the molecule is Cc1ccc(NC(=O)C(C)N2C(=O)C(C)(C)Oc3cc(C(=O)O)ccc32)cc1. The lowest BCUT2D eigenvalue weighted by atomic mass is 10.0. The van der Waals surface area contributed by atoms with Crippen LogP contribution < -0.4 is 15.0 Å². The van der Waals surface area contributed by atoms with Crippen LogP contribution in [0.4, 0.5) is 11.4 Å². The number of amides is 2. The third-order valence-corrected chi connectivity index (χ3v) is 4.65. The van der Waals surface area contributed by atoms with Gasteiger partial charge < -0.3 is 15.2 Å². The molecule has 1 unspecified atom stereocenters. The molecule has 0 bridgehead atoms. The molecule has 0 aliphatic carbocycles. The number of carbonyl (C=O) groups excluding carboxylic acids is 2. The van der Waals surface area contributed by atoms with Crippen molar-refractivity contribution in [1.82, 2.24) is 0 Å². The van der Waals surface area contributed by atoms with Crippen molar-refractivity contribution in [3.63, 3.8) is 0 Å². The first-order valence-electron chi connectivity index (χ1n) is 8.88. The second-order valence-corrected chi connectivity index (χ2v) is 7.31. The maximum atomic E-state index is 13.0. The van der Waals surface area contributed by atoms with Crippen molar-refractivity contribution in [2.45, 2.75) is 39.3 Å². The average molecular weight is 382 g/mol. The van der Waals surface area contributed by atoms with E-state index in [4.69, 9.17) is 4.74 Å². The molecular weight excluding hydrogens is 360 g/mol. The summed E-state index contributed by atoms with van der Waals surface area (Å²) in [6, 6.07) is 10.7. The Morgan fingerprint density at radius 1 is 1.14 bits per heavy atom. The lowest BCUT2D eigenvalue weighted by Gasteiger charge is -2.41. The predicted octanol–water partition coefficient (Wildman–Crippen LogP) is 3.22. The molecule has 7 nitrogen and oxygen atoms in total. The molecule has 0 aromatic heterocycles. The molecule has 2 amide bonds. The van der Waals surface area contributed by atoms with Gasteiger partial charge in [0, 0.05) is 5.69 Å². The smallest absolute Gasteiger partial charge is 0.335 e. The van der Waals surface area contributed by atoms with Gasteiger partial charge >= 0.3 is 5.97 Å². The Morgan fingerprint density at radius 3 is 2.39 bits per heavy atom. The van der Waals surface area contributed by atoms with Crippen LogP contribution in [0.1, 0.15) is 36.7 Å². The van der Waals surface area contributed by atoms with Crippen LogP contribution in [0.15, 0.2) is 42.5 Å². The van der Waals surface area contributed by atoms with E-state index in [1.165, 1.54) is 23.1 Å². The van der Waals surface area contributed by atoms with Crippen LogP contribution in [0.5, 0.6) is 5.75 Å². The lowest BCUT2D eigenvalue weighted by Crippen LogP contribution is -2.57. The minimum absolute atomic E-state index is 0.0422. The van der Waals surface area contributed by atoms with E-state index >= 15 is 0 Å². The fourth-order valence-electron chi connectivity index (χ4n) is 3.03. The molecule has 1 aliphatic heterocycles. The van der Waals surface area contributed by atoms with Crippen molar-refractivity contribution in [2.24, 2.45) is 0 Å². The quantitative estimate of drug-likeness (QED) is 0.846. The van der Waals surface area contributed by atoms with E-state index in [0.717, 1.165) is 5.56 Å². The van der Waals surface area contributed by atoms with Gasteiger partial charge in [0.2, 0.25) is 5.91 Å². The Labute approximate surface area is 162 Å². The Kier molecular flexibility index (Phi) is 4.85. The van der Waals surface area contributed by atoms with Crippen LogP contribution in [-0.2, 0) is 9.59 Å². The molecular formula is C21H22N2O5. The van der Waals surface area contributed by atoms with Crippen LogP contribution in [0.2, 0.25) is 0 Å². The van der Waals surface area contributed by atoms with E-state index in [1.807, 2.05) is 19.1 Å². The third kappa shape index (κ3) is 3.55. The van der Waals surface area contributed by atoms with E-state index < -0.39 is 17.6 Å². The van der Waals surface area contributed by atoms with Gasteiger partial charge in [0.1, 0.15) is 11.8 Å². The minimum atomic E-state index is -1.23. The molecule has 7 heteroatoms. The molecule has 1 aliphatic rings. The molecule has 1 atom stereocenters. The van der Waals surface area contributed by atoms with E-state index in [0.29, 0.717) is 11.4 Å². The van der Waals surface area contributed by atoms with Gasteiger partial charge in [-0.1, -0.05) is 17.7 Å². The van der Waals surface area contributed by atoms with Gasteiger partial charge in [-0.05, 0) is 58.0 Å². The fraction of sp³-hybridized carbons (Fsp3) is 0.286. The largest absolute Gasteiger partial charge is 0.478 e. The van der Waals surface area contributed by atoms with Crippen LogP contribution >= 0.6 is 0 Å². The number of rotatable bonds is 4. The number of carbonyl (C=O) groups is 3. The number of nitrogens with zero attached hydrogens (tertiary/aromatic N) is 1. The predicted molar refractivity (Wildman–Crippen MR) is 105 cm³/mol. The second-order valence-electron chi connectivity index (χ2n) is 7.31. The number of nitrogens with one attached hydrogen (secondary N) is 1. The van der Waals surface area contributed by atoms with Gasteiger partial charge in [-0.2, -0.15) is 0 Å². The van der Waals surface area contributed by atoms with E-state index in [2.05, 4.69) is 5.32 Å². The average Bonchev–Trinajstić information content (AvgIpc) is 2.63. The number of ether oxygens (including phenoxy) is 1. The molecule has 0 saturated carbocycles. The van der Waals surface area contributed by atoms with Gasteiger partial charge in [-0.25, -0.2) is 4.79 Å². The number of anilines is 2. The highest BCUT2D eigenvalue weighted by Crippen LogP contribution is 2.39. The second kappa shape index (κ2) is 6.99. The van der Waals surface area contributed by atoms with Crippen molar-refractivity contribution < 1.29 is 24.2 Å². The molecule has 2 aromatic rings.